The van der Waals surface area contributed by atoms with Gasteiger partial charge in [-0.1, -0.05) is 0 Å². The van der Waals surface area contributed by atoms with Crippen molar-refractivity contribution in [2.75, 3.05) is 5.73 Å². The fourth-order valence-corrected chi connectivity index (χ4v) is 3.33. The third kappa shape index (κ3) is 2.18. The standard InChI is InChI=1S/C14H15FN4S/c15-9-3-6-11(16)12(7-9)20-14-18-17-13(8-1-2-8)19(14)10-4-5-10/h3,6-8,10H,1-2,4-5,16H2. The van der Waals surface area contributed by atoms with Gasteiger partial charge in [-0.05, 0) is 55.6 Å². The molecule has 2 saturated carbocycles. The minimum absolute atomic E-state index is 0.276. The zero-order valence-electron chi connectivity index (χ0n) is 10.9. The van der Waals surface area contributed by atoms with Crippen LogP contribution in [-0.2, 0) is 0 Å². The molecule has 2 fully saturated rings. The lowest BCUT2D eigenvalue weighted by molar-refractivity contribution is 0.622. The van der Waals surface area contributed by atoms with Crippen LogP contribution in [0.3, 0.4) is 0 Å². The molecule has 2 aromatic rings. The van der Waals surface area contributed by atoms with Crippen LogP contribution in [0, 0.1) is 5.82 Å². The highest BCUT2D eigenvalue weighted by Gasteiger charge is 2.36. The maximum atomic E-state index is 13.4. The molecule has 0 amide bonds. The normalized spacial score (nSPS) is 18.4. The zero-order chi connectivity index (χ0) is 13.7. The van der Waals surface area contributed by atoms with E-state index in [9.17, 15) is 4.39 Å². The number of benzene rings is 1. The van der Waals surface area contributed by atoms with Crippen molar-refractivity contribution in [1.29, 1.82) is 0 Å². The third-order valence-electron chi connectivity index (χ3n) is 3.72. The maximum Gasteiger partial charge on any atom is 0.196 e. The van der Waals surface area contributed by atoms with Gasteiger partial charge in [0.2, 0.25) is 0 Å². The Bertz CT molecular complexity index is 661. The molecule has 0 unspecified atom stereocenters. The van der Waals surface area contributed by atoms with Crippen molar-refractivity contribution in [2.45, 2.75) is 47.7 Å². The van der Waals surface area contributed by atoms with E-state index in [4.69, 9.17) is 5.73 Å². The van der Waals surface area contributed by atoms with Gasteiger partial charge in [-0.2, -0.15) is 0 Å². The lowest BCUT2D eigenvalue weighted by Crippen LogP contribution is -2.02. The second-order valence-corrected chi connectivity index (χ2v) is 6.51. The second-order valence-electron chi connectivity index (χ2n) is 5.50. The number of nitrogens with zero attached hydrogens (tertiary/aromatic N) is 3. The summed E-state index contributed by atoms with van der Waals surface area (Å²) in [6.07, 6.45) is 4.78. The number of hydrogen-bond donors (Lipinski definition) is 1. The second kappa shape index (κ2) is 4.48. The van der Waals surface area contributed by atoms with E-state index >= 15 is 0 Å². The van der Waals surface area contributed by atoms with E-state index in [1.165, 1.54) is 49.6 Å². The molecule has 4 nitrogen and oxygen atoms in total. The molecule has 20 heavy (non-hydrogen) atoms. The van der Waals surface area contributed by atoms with Gasteiger partial charge < -0.3 is 10.3 Å². The summed E-state index contributed by atoms with van der Waals surface area (Å²) in [7, 11) is 0. The predicted octanol–water partition coefficient (Wildman–Crippen LogP) is 3.36. The Morgan fingerprint density at radius 3 is 2.70 bits per heavy atom. The van der Waals surface area contributed by atoms with Gasteiger partial charge in [-0.25, -0.2) is 4.39 Å². The van der Waals surface area contributed by atoms with Crippen molar-refractivity contribution in [2.24, 2.45) is 0 Å². The molecule has 104 valence electrons. The quantitative estimate of drug-likeness (QED) is 0.877. The van der Waals surface area contributed by atoms with E-state index in [0.717, 1.165) is 11.0 Å². The zero-order valence-corrected chi connectivity index (χ0v) is 11.7. The molecule has 1 heterocycles. The van der Waals surface area contributed by atoms with Crippen LogP contribution in [-0.4, -0.2) is 14.8 Å². The SMILES string of the molecule is Nc1ccc(F)cc1Sc1nnc(C2CC2)n1C1CC1. The van der Waals surface area contributed by atoms with E-state index in [2.05, 4.69) is 14.8 Å². The molecule has 0 aliphatic heterocycles. The van der Waals surface area contributed by atoms with Gasteiger partial charge in [0.05, 0.1) is 0 Å². The summed E-state index contributed by atoms with van der Waals surface area (Å²) in [6.45, 7) is 0. The number of nitrogen functional groups attached to an aromatic ring is 1. The number of nitrogens with two attached hydrogens (primary N) is 1. The monoisotopic (exact) mass is 290 g/mol. The molecule has 6 heteroatoms. The van der Waals surface area contributed by atoms with Crippen LogP contribution >= 0.6 is 11.8 Å². The van der Waals surface area contributed by atoms with E-state index in [0.29, 0.717) is 22.5 Å². The van der Waals surface area contributed by atoms with Crippen molar-refractivity contribution in [3.63, 3.8) is 0 Å². The number of aromatic nitrogens is 3. The highest BCUT2D eigenvalue weighted by molar-refractivity contribution is 7.99. The van der Waals surface area contributed by atoms with Crippen LogP contribution in [0.5, 0.6) is 0 Å². The van der Waals surface area contributed by atoms with Gasteiger partial charge in [0.1, 0.15) is 11.6 Å². The summed E-state index contributed by atoms with van der Waals surface area (Å²) in [5, 5.41) is 9.49. The summed E-state index contributed by atoms with van der Waals surface area (Å²) in [6, 6.07) is 4.96. The Hall–Kier alpha value is -1.56. The van der Waals surface area contributed by atoms with E-state index in [1.807, 2.05) is 0 Å². The Balaban J connectivity index is 1.70. The summed E-state index contributed by atoms with van der Waals surface area (Å²) in [5.41, 5.74) is 6.49. The minimum Gasteiger partial charge on any atom is -0.398 e. The Kier molecular flexibility index (Phi) is 2.73. The van der Waals surface area contributed by atoms with Gasteiger partial charge in [-0.15, -0.1) is 10.2 Å². The molecular weight excluding hydrogens is 275 g/mol. The topological polar surface area (TPSA) is 56.7 Å². The first-order chi connectivity index (χ1) is 9.72. The summed E-state index contributed by atoms with van der Waals surface area (Å²) in [4.78, 5) is 0.710. The van der Waals surface area contributed by atoms with Crippen molar-refractivity contribution in [3.8, 4) is 0 Å². The summed E-state index contributed by atoms with van der Waals surface area (Å²) >= 11 is 1.41. The molecule has 0 saturated heterocycles. The molecule has 1 aromatic carbocycles. The molecule has 4 rings (SSSR count). The molecule has 1 aromatic heterocycles. The average molecular weight is 290 g/mol. The first-order valence-electron chi connectivity index (χ1n) is 6.90. The summed E-state index contributed by atoms with van der Waals surface area (Å²) in [5.74, 6) is 1.40. The predicted molar refractivity (Wildman–Crippen MR) is 75.2 cm³/mol. The van der Waals surface area contributed by atoms with Crippen molar-refractivity contribution in [3.05, 3.63) is 29.8 Å². The van der Waals surface area contributed by atoms with E-state index in [-0.39, 0.29) is 5.82 Å². The molecule has 0 spiro atoms. The third-order valence-corrected chi connectivity index (χ3v) is 4.76. The van der Waals surface area contributed by atoms with Crippen LogP contribution < -0.4 is 5.73 Å². The van der Waals surface area contributed by atoms with Gasteiger partial charge >= 0.3 is 0 Å². The van der Waals surface area contributed by atoms with Crippen molar-refractivity contribution >= 4 is 17.4 Å². The average Bonchev–Trinajstić information content (AvgIpc) is 3.33. The molecule has 2 aliphatic rings. The lowest BCUT2D eigenvalue weighted by Gasteiger charge is -2.09. The fraction of sp³-hybridized carbons (Fsp3) is 0.429. The van der Waals surface area contributed by atoms with Crippen molar-refractivity contribution < 1.29 is 4.39 Å². The Labute approximate surface area is 120 Å². The number of anilines is 1. The first-order valence-corrected chi connectivity index (χ1v) is 7.71. The van der Waals surface area contributed by atoms with Gasteiger partial charge in [-0.3, -0.25) is 0 Å². The molecule has 2 aliphatic carbocycles. The van der Waals surface area contributed by atoms with Crippen LogP contribution in [0.1, 0.15) is 43.5 Å². The largest absolute Gasteiger partial charge is 0.398 e. The highest BCUT2D eigenvalue weighted by Crippen LogP contribution is 2.47. The van der Waals surface area contributed by atoms with E-state index in [1.54, 1.807) is 6.07 Å². The molecule has 0 bridgehead atoms. The lowest BCUT2D eigenvalue weighted by atomic mass is 10.3. The highest BCUT2D eigenvalue weighted by atomic mass is 32.2. The van der Waals surface area contributed by atoms with Crippen LogP contribution in [0.25, 0.3) is 0 Å². The minimum atomic E-state index is -0.276. The number of rotatable bonds is 4. The number of hydrogen-bond acceptors (Lipinski definition) is 4. The fourth-order valence-electron chi connectivity index (χ4n) is 2.35. The molecule has 2 N–H and O–H groups in total. The van der Waals surface area contributed by atoms with Crippen LogP contribution in [0.4, 0.5) is 10.1 Å². The molecule has 0 atom stereocenters. The van der Waals surface area contributed by atoms with Gasteiger partial charge in [0.25, 0.3) is 0 Å². The Morgan fingerprint density at radius 2 is 2.00 bits per heavy atom. The molecule has 0 radical (unpaired) electrons. The van der Waals surface area contributed by atoms with Crippen LogP contribution in [0.2, 0.25) is 0 Å². The van der Waals surface area contributed by atoms with Crippen LogP contribution in [0.15, 0.2) is 28.3 Å². The summed E-state index contributed by atoms with van der Waals surface area (Å²) < 4.78 is 15.6. The maximum absolute atomic E-state index is 13.4. The van der Waals surface area contributed by atoms with Gasteiger partial charge in [0, 0.05) is 22.5 Å². The molecular formula is C14H15FN4S. The smallest absolute Gasteiger partial charge is 0.196 e. The van der Waals surface area contributed by atoms with Gasteiger partial charge in [0.15, 0.2) is 5.16 Å². The Morgan fingerprint density at radius 1 is 1.20 bits per heavy atom. The van der Waals surface area contributed by atoms with E-state index < -0.39 is 0 Å². The number of halogens is 1. The first kappa shape index (κ1) is 12.2. The van der Waals surface area contributed by atoms with Crippen molar-refractivity contribution in [1.82, 2.24) is 14.8 Å².